The van der Waals surface area contributed by atoms with Crippen LogP contribution in [0.3, 0.4) is 0 Å². The molecule has 1 unspecified atom stereocenters. The minimum absolute atomic E-state index is 0.0520. The molecule has 2 aromatic rings. The van der Waals surface area contributed by atoms with E-state index in [0.29, 0.717) is 11.3 Å². The summed E-state index contributed by atoms with van der Waals surface area (Å²) in [4.78, 5) is 26.6. The quantitative estimate of drug-likeness (QED) is 0.522. The number of para-hydroxylation sites is 1. The molecule has 4 nitrogen and oxygen atoms in total. The van der Waals surface area contributed by atoms with E-state index in [0.717, 1.165) is 50.6 Å². The van der Waals surface area contributed by atoms with Crippen molar-refractivity contribution in [3.8, 4) is 5.75 Å². The zero-order valence-electron chi connectivity index (χ0n) is 16.3. The summed E-state index contributed by atoms with van der Waals surface area (Å²) in [5.41, 5.74) is 1.24. The second-order valence-electron chi connectivity index (χ2n) is 6.60. The van der Waals surface area contributed by atoms with Crippen molar-refractivity contribution < 1.29 is 14.3 Å². The molecule has 144 valence electrons. The number of amides is 1. The Kier molecular flexibility index (Phi) is 8.56. The van der Waals surface area contributed by atoms with E-state index in [1.165, 1.54) is 0 Å². The Bertz CT molecular complexity index is 707. The lowest BCUT2D eigenvalue weighted by atomic mass is 10.1. The van der Waals surface area contributed by atoms with Crippen molar-refractivity contribution in [1.82, 2.24) is 4.90 Å². The molecule has 0 spiro atoms. The van der Waals surface area contributed by atoms with E-state index >= 15 is 0 Å². The molecule has 4 heteroatoms. The normalized spacial score (nSPS) is 11.6. The summed E-state index contributed by atoms with van der Waals surface area (Å²) >= 11 is 0. The number of aldehydes is 1. The van der Waals surface area contributed by atoms with Gasteiger partial charge in [-0.2, -0.15) is 0 Å². The zero-order chi connectivity index (χ0) is 19.5. The van der Waals surface area contributed by atoms with Gasteiger partial charge in [-0.1, -0.05) is 69.2 Å². The summed E-state index contributed by atoms with van der Waals surface area (Å²) in [5.74, 6) is 0.379. The Morgan fingerprint density at radius 2 is 1.56 bits per heavy atom. The van der Waals surface area contributed by atoms with Crippen molar-refractivity contribution in [3.05, 3.63) is 65.7 Å². The lowest BCUT2D eigenvalue weighted by Gasteiger charge is -2.28. The first kappa shape index (κ1) is 20.7. The van der Waals surface area contributed by atoms with Gasteiger partial charge in [0.1, 0.15) is 5.75 Å². The van der Waals surface area contributed by atoms with Crippen molar-refractivity contribution >= 4 is 12.2 Å². The van der Waals surface area contributed by atoms with Gasteiger partial charge in [0.15, 0.2) is 6.29 Å². The molecule has 0 aliphatic rings. The van der Waals surface area contributed by atoms with Crippen molar-refractivity contribution in [2.45, 2.75) is 45.6 Å². The molecule has 0 radical (unpaired) electrons. The molecule has 27 heavy (non-hydrogen) atoms. The summed E-state index contributed by atoms with van der Waals surface area (Å²) in [6.07, 6.45) is 3.97. The van der Waals surface area contributed by atoms with Crippen LogP contribution in [0.2, 0.25) is 0 Å². The SMILES string of the molecule is CCCCN(CCCC)C(=O)C(Oc1ccccc1C=O)c1ccccc1. The first-order chi connectivity index (χ1) is 13.2. The van der Waals surface area contributed by atoms with Gasteiger partial charge in [-0.3, -0.25) is 9.59 Å². The van der Waals surface area contributed by atoms with Crippen LogP contribution in [0, 0.1) is 0 Å². The first-order valence-electron chi connectivity index (χ1n) is 9.75. The second-order valence-corrected chi connectivity index (χ2v) is 6.60. The van der Waals surface area contributed by atoms with Gasteiger partial charge >= 0.3 is 0 Å². The third-order valence-electron chi connectivity index (χ3n) is 4.49. The molecule has 2 rings (SSSR count). The van der Waals surface area contributed by atoms with Crippen LogP contribution in [0.25, 0.3) is 0 Å². The van der Waals surface area contributed by atoms with Crippen LogP contribution in [-0.4, -0.2) is 30.2 Å². The standard InChI is InChI=1S/C23H29NO3/c1-3-5-16-24(17-6-4-2)23(26)22(19-12-8-7-9-13-19)27-21-15-11-10-14-20(21)18-25/h7-15,18,22H,3-6,16-17H2,1-2H3. The van der Waals surface area contributed by atoms with Gasteiger partial charge < -0.3 is 9.64 Å². The molecule has 1 amide bonds. The largest absolute Gasteiger partial charge is 0.475 e. The molecule has 0 saturated carbocycles. The van der Waals surface area contributed by atoms with Crippen LogP contribution in [-0.2, 0) is 4.79 Å². The van der Waals surface area contributed by atoms with E-state index in [1.807, 2.05) is 35.2 Å². The number of hydrogen-bond donors (Lipinski definition) is 0. The van der Waals surface area contributed by atoms with Gasteiger partial charge in [0.05, 0.1) is 5.56 Å². The average Bonchev–Trinajstić information content (AvgIpc) is 2.72. The Balaban J connectivity index is 2.33. The maximum Gasteiger partial charge on any atom is 0.268 e. The first-order valence-corrected chi connectivity index (χ1v) is 9.75. The smallest absolute Gasteiger partial charge is 0.268 e. The number of unbranched alkanes of at least 4 members (excludes halogenated alkanes) is 2. The van der Waals surface area contributed by atoms with Gasteiger partial charge in [0.2, 0.25) is 6.10 Å². The minimum atomic E-state index is -0.763. The maximum absolute atomic E-state index is 13.4. The average molecular weight is 367 g/mol. The number of hydrogen-bond acceptors (Lipinski definition) is 3. The molecular weight excluding hydrogens is 338 g/mol. The van der Waals surface area contributed by atoms with Gasteiger partial charge in [0.25, 0.3) is 5.91 Å². The minimum Gasteiger partial charge on any atom is -0.475 e. The number of ether oxygens (including phenoxy) is 1. The Morgan fingerprint density at radius 3 is 2.15 bits per heavy atom. The number of rotatable bonds is 11. The molecule has 0 aliphatic carbocycles. The molecule has 0 aromatic heterocycles. The van der Waals surface area contributed by atoms with E-state index in [-0.39, 0.29) is 5.91 Å². The fraction of sp³-hybridized carbons (Fsp3) is 0.391. The molecule has 0 N–H and O–H groups in total. The fourth-order valence-electron chi connectivity index (χ4n) is 2.90. The summed E-state index contributed by atoms with van der Waals surface area (Å²) in [5, 5.41) is 0. The van der Waals surface area contributed by atoms with Crippen molar-refractivity contribution in [1.29, 1.82) is 0 Å². The molecule has 0 saturated heterocycles. The van der Waals surface area contributed by atoms with Gasteiger partial charge in [-0.25, -0.2) is 0 Å². The summed E-state index contributed by atoms with van der Waals surface area (Å²) in [6.45, 7) is 5.68. The fourth-order valence-corrected chi connectivity index (χ4v) is 2.90. The van der Waals surface area contributed by atoms with Crippen LogP contribution in [0.5, 0.6) is 5.75 Å². The number of carbonyl (C=O) groups excluding carboxylic acids is 2. The number of nitrogens with zero attached hydrogens (tertiary/aromatic N) is 1. The van der Waals surface area contributed by atoms with E-state index in [9.17, 15) is 9.59 Å². The Labute approximate surface area is 162 Å². The maximum atomic E-state index is 13.4. The topological polar surface area (TPSA) is 46.6 Å². The van der Waals surface area contributed by atoms with Crippen LogP contribution in [0.4, 0.5) is 0 Å². The predicted molar refractivity (Wildman–Crippen MR) is 108 cm³/mol. The molecule has 1 atom stereocenters. The van der Waals surface area contributed by atoms with Crippen molar-refractivity contribution in [2.24, 2.45) is 0 Å². The van der Waals surface area contributed by atoms with Crippen LogP contribution < -0.4 is 4.74 Å². The molecule has 0 bridgehead atoms. The molecule has 0 aliphatic heterocycles. The van der Waals surface area contributed by atoms with E-state index < -0.39 is 6.10 Å². The zero-order valence-corrected chi connectivity index (χ0v) is 16.3. The highest BCUT2D eigenvalue weighted by atomic mass is 16.5. The highest BCUT2D eigenvalue weighted by molar-refractivity contribution is 5.84. The van der Waals surface area contributed by atoms with Crippen LogP contribution >= 0.6 is 0 Å². The van der Waals surface area contributed by atoms with Crippen LogP contribution in [0.15, 0.2) is 54.6 Å². The summed E-state index contributed by atoms with van der Waals surface area (Å²) in [7, 11) is 0. The van der Waals surface area contributed by atoms with Crippen molar-refractivity contribution in [2.75, 3.05) is 13.1 Å². The van der Waals surface area contributed by atoms with Gasteiger partial charge in [-0.15, -0.1) is 0 Å². The van der Waals surface area contributed by atoms with Crippen LogP contribution in [0.1, 0.15) is 61.6 Å². The molecule has 0 fully saturated rings. The highest BCUT2D eigenvalue weighted by Gasteiger charge is 2.28. The van der Waals surface area contributed by atoms with Gasteiger partial charge in [0, 0.05) is 18.7 Å². The number of benzene rings is 2. The Hall–Kier alpha value is -2.62. The highest BCUT2D eigenvalue weighted by Crippen LogP contribution is 2.26. The summed E-state index contributed by atoms with van der Waals surface area (Å²) < 4.78 is 6.10. The third-order valence-corrected chi connectivity index (χ3v) is 4.49. The molecule has 2 aromatic carbocycles. The Morgan fingerprint density at radius 1 is 0.963 bits per heavy atom. The second kappa shape index (κ2) is 11.2. The van der Waals surface area contributed by atoms with Gasteiger partial charge in [-0.05, 0) is 25.0 Å². The van der Waals surface area contributed by atoms with E-state index in [1.54, 1.807) is 24.3 Å². The lowest BCUT2D eigenvalue weighted by Crippen LogP contribution is -2.38. The van der Waals surface area contributed by atoms with E-state index in [4.69, 9.17) is 4.74 Å². The number of carbonyl (C=O) groups is 2. The predicted octanol–water partition coefficient (Wildman–Crippen LogP) is 5.05. The van der Waals surface area contributed by atoms with Crippen molar-refractivity contribution in [3.63, 3.8) is 0 Å². The third kappa shape index (κ3) is 5.95. The monoisotopic (exact) mass is 367 g/mol. The molecular formula is C23H29NO3. The lowest BCUT2D eigenvalue weighted by molar-refractivity contribution is -0.139. The summed E-state index contributed by atoms with van der Waals surface area (Å²) in [6, 6.07) is 16.5. The van der Waals surface area contributed by atoms with E-state index in [2.05, 4.69) is 13.8 Å². The molecule has 0 heterocycles.